The van der Waals surface area contributed by atoms with Crippen LogP contribution in [0, 0.1) is 20.8 Å². The summed E-state index contributed by atoms with van der Waals surface area (Å²) in [5.74, 6) is 1.80. The molecule has 5 heteroatoms. The molecule has 392 valence electrons. The molecule has 0 aliphatic heterocycles. The quantitative estimate of drug-likeness (QED) is 0.137. The van der Waals surface area contributed by atoms with Crippen LogP contribution in [-0.4, -0.2) is 24.1 Å². The third kappa shape index (κ3) is 8.78. The first-order chi connectivity index (χ1) is 40.9. The molecule has 0 aliphatic carbocycles. The fraction of sp³-hybridized carbons (Fsp3) is 0.0385. The van der Waals surface area contributed by atoms with Crippen molar-refractivity contribution >= 4 is 43.6 Å². The Kier molecular flexibility index (Phi) is 12.1. The van der Waals surface area contributed by atoms with Crippen molar-refractivity contribution in [2.45, 2.75) is 20.8 Å². The zero-order valence-corrected chi connectivity index (χ0v) is 46.3. The Morgan fingerprint density at radius 2 is 0.639 bits per heavy atom. The molecule has 0 unspecified atom stereocenters. The van der Waals surface area contributed by atoms with Gasteiger partial charge in [0, 0.05) is 55.0 Å². The maximum atomic E-state index is 5.38. The molecule has 0 fully saturated rings. The summed E-state index contributed by atoms with van der Waals surface area (Å²) in [7, 11) is 0. The van der Waals surface area contributed by atoms with Crippen LogP contribution in [0.2, 0.25) is 0 Å². The Morgan fingerprint density at radius 3 is 1.13 bits per heavy atom. The van der Waals surface area contributed by atoms with Crippen LogP contribution in [0.3, 0.4) is 0 Å². The van der Waals surface area contributed by atoms with Crippen molar-refractivity contribution in [1.29, 1.82) is 0 Å². The monoisotopic (exact) mass is 1060 g/mol. The van der Waals surface area contributed by atoms with Gasteiger partial charge in [-0.2, -0.15) is 0 Å². The summed E-state index contributed by atoms with van der Waals surface area (Å²) in [6.07, 6.45) is 0. The van der Waals surface area contributed by atoms with Gasteiger partial charge in [0.15, 0.2) is 17.5 Å². The predicted molar refractivity (Wildman–Crippen MR) is 346 cm³/mol. The fourth-order valence-corrected chi connectivity index (χ4v) is 12.7. The molecule has 0 atom stereocenters. The molecule has 83 heavy (non-hydrogen) atoms. The number of aromatic nitrogens is 5. The second kappa shape index (κ2) is 20.4. The number of hydrogen-bond acceptors (Lipinski definition) is 3. The van der Waals surface area contributed by atoms with Crippen molar-refractivity contribution in [3.63, 3.8) is 0 Å². The molecule has 3 heterocycles. The summed E-state index contributed by atoms with van der Waals surface area (Å²) in [6.45, 7) is 6.67. The van der Waals surface area contributed by atoms with E-state index in [2.05, 4.69) is 273 Å². The molecule has 0 spiro atoms. The molecule has 0 bridgehead atoms. The summed E-state index contributed by atoms with van der Waals surface area (Å²) in [4.78, 5) is 15.9. The van der Waals surface area contributed by atoms with Gasteiger partial charge in [0.2, 0.25) is 0 Å². The minimum absolute atomic E-state index is 0.581. The molecular weight excluding hydrogens is 1010 g/mol. The minimum atomic E-state index is 0.581. The van der Waals surface area contributed by atoms with Crippen LogP contribution >= 0.6 is 0 Å². The summed E-state index contributed by atoms with van der Waals surface area (Å²) < 4.78 is 4.98. The van der Waals surface area contributed by atoms with Crippen LogP contribution in [0.25, 0.3) is 145 Å². The highest BCUT2D eigenvalue weighted by Crippen LogP contribution is 2.46. The molecule has 0 aliphatic rings. The predicted octanol–water partition coefficient (Wildman–Crippen LogP) is 20.3. The van der Waals surface area contributed by atoms with Gasteiger partial charge < -0.3 is 9.13 Å². The molecular formula is C78H55N5. The Bertz CT molecular complexity index is 4710. The van der Waals surface area contributed by atoms with Crippen LogP contribution < -0.4 is 0 Å². The summed E-state index contributed by atoms with van der Waals surface area (Å²) in [5, 5.41) is 4.77. The van der Waals surface area contributed by atoms with E-state index in [0.29, 0.717) is 17.5 Å². The lowest BCUT2D eigenvalue weighted by Gasteiger charge is -2.22. The molecule has 12 aromatic carbocycles. The van der Waals surface area contributed by atoms with Gasteiger partial charge in [0.05, 0.1) is 27.8 Å². The number of aryl methyl sites for hydroxylation is 3. The summed E-state index contributed by atoms with van der Waals surface area (Å²) in [6, 6.07) is 101. The average Bonchev–Trinajstić information content (AvgIpc) is 4.24. The molecule has 15 rings (SSSR count). The van der Waals surface area contributed by atoms with E-state index in [-0.39, 0.29) is 0 Å². The van der Waals surface area contributed by atoms with Gasteiger partial charge in [-0.3, -0.25) is 0 Å². The maximum absolute atomic E-state index is 5.38. The number of benzene rings is 12. The van der Waals surface area contributed by atoms with Gasteiger partial charge in [-0.15, -0.1) is 0 Å². The Morgan fingerprint density at radius 1 is 0.253 bits per heavy atom. The van der Waals surface area contributed by atoms with Crippen molar-refractivity contribution in [3.8, 4) is 101 Å². The Labute approximate surface area is 482 Å². The van der Waals surface area contributed by atoms with Crippen LogP contribution in [0.1, 0.15) is 16.7 Å². The zero-order valence-electron chi connectivity index (χ0n) is 46.3. The lowest BCUT2D eigenvalue weighted by molar-refractivity contribution is 1.07. The number of para-hydroxylation sites is 2. The Balaban J connectivity index is 1.07. The molecule has 0 amide bonds. The van der Waals surface area contributed by atoms with Crippen molar-refractivity contribution in [1.82, 2.24) is 24.1 Å². The lowest BCUT2D eigenvalue weighted by Crippen LogP contribution is -2.04. The number of rotatable bonds is 10. The molecule has 0 radical (unpaired) electrons. The van der Waals surface area contributed by atoms with Gasteiger partial charge in [0.1, 0.15) is 0 Å². The van der Waals surface area contributed by atoms with Crippen LogP contribution in [0.5, 0.6) is 0 Å². The Hall–Kier alpha value is -10.8. The van der Waals surface area contributed by atoms with Crippen LogP contribution in [0.15, 0.2) is 279 Å². The third-order valence-electron chi connectivity index (χ3n) is 16.5. The first kappa shape index (κ1) is 49.3. The zero-order chi connectivity index (χ0) is 55.5. The average molecular weight is 1060 g/mol. The maximum Gasteiger partial charge on any atom is 0.164 e. The van der Waals surface area contributed by atoms with Crippen molar-refractivity contribution in [2.75, 3.05) is 0 Å². The van der Waals surface area contributed by atoms with Crippen molar-refractivity contribution in [3.05, 3.63) is 296 Å². The van der Waals surface area contributed by atoms with Gasteiger partial charge in [-0.25, -0.2) is 15.0 Å². The molecule has 15 aromatic rings. The van der Waals surface area contributed by atoms with E-state index in [4.69, 9.17) is 15.0 Å². The first-order valence-electron chi connectivity index (χ1n) is 28.4. The fourth-order valence-electron chi connectivity index (χ4n) is 12.7. The summed E-state index contributed by atoms with van der Waals surface area (Å²) >= 11 is 0. The number of hydrogen-bond donors (Lipinski definition) is 0. The topological polar surface area (TPSA) is 48.5 Å². The second-order valence-corrected chi connectivity index (χ2v) is 21.8. The molecule has 0 saturated heterocycles. The molecule has 5 nitrogen and oxygen atoms in total. The van der Waals surface area contributed by atoms with E-state index in [9.17, 15) is 0 Å². The highest BCUT2D eigenvalue weighted by Gasteiger charge is 2.25. The standard InChI is InChI=1S/C78H55N5/c1-50-44-51(2)74(52(3)45-50)61-40-43-72-69(46-61)66-42-41-63(82-70-30-18-16-28-64(70)65-29-17-19-31-71(65)82)49-73(66)83(72)75-67(57-36-32-55(33-37-57)53-20-8-4-9-21-53)47-62(48-68(75)58-38-34-56(35-39-58)54-22-10-5-11-23-54)78-80-76(59-24-12-6-13-25-59)79-77(81-78)60-26-14-7-15-27-60/h4-49H,1-3H3. The lowest BCUT2D eigenvalue weighted by atomic mass is 9.91. The number of nitrogens with zero attached hydrogens (tertiary/aromatic N) is 5. The minimum Gasteiger partial charge on any atom is -0.309 e. The van der Waals surface area contributed by atoms with E-state index in [1.54, 1.807) is 0 Å². The molecule has 0 saturated carbocycles. The summed E-state index contributed by atoms with van der Waals surface area (Å²) in [5.41, 5.74) is 24.4. The third-order valence-corrected chi connectivity index (χ3v) is 16.5. The van der Waals surface area contributed by atoms with Gasteiger partial charge in [-0.05, 0) is 125 Å². The normalized spacial score (nSPS) is 11.6. The highest BCUT2D eigenvalue weighted by atomic mass is 15.0. The SMILES string of the molecule is Cc1cc(C)c(-c2ccc3c(c2)c2ccc(-n4c5ccccc5c5ccccc54)cc2n3-c2c(-c3ccc(-c4ccccc4)cc3)cc(-c3nc(-c4ccccc4)nc(-c4ccccc4)n3)cc2-c2ccc(-c3ccccc3)cc2)c(C)c1. The number of fused-ring (bicyclic) bond motifs is 6. The highest BCUT2D eigenvalue weighted by molar-refractivity contribution is 6.14. The molecule has 0 N–H and O–H groups in total. The van der Waals surface area contributed by atoms with Crippen molar-refractivity contribution in [2.24, 2.45) is 0 Å². The van der Waals surface area contributed by atoms with E-state index in [1.807, 2.05) is 36.4 Å². The van der Waals surface area contributed by atoms with E-state index < -0.39 is 0 Å². The van der Waals surface area contributed by atoms with E-state index in [0.717, 1.165) is 100 Å². The first-order valence-corrected chi connectivity index (χ1v) is 28.4. The van der Waals surface area contributed by atoms with Crippen molar-refractivity contribution < 1.29 is 0 Å². The van der Waals surface area contributed by atoms with Crippen LogP contribution in [-0.2, 0) is 0 Å². The smallest absolute Gasteiger partial charge is 0.164 e. The van der Waals surface area contributed by atoms with E-state index in [1.165, 1.54) is 44.0 Å². The second-order valence-electron chi connectivity index (χ2n) is 21.8. The molecule has 3 aromatic heterocycles. The van der Waals surface area contributed by atoms with Gasteiger partial charge in [0.25, 0.3) is 0 Å². The van der Waals surface area contributed by atoms with Gasteiger partial charge >= 0.3 is 0 Å². The largest absolute Gasteiger partial charge is 0.309 e. The van der Waals surface area contributed by atoms with Crippen LogP contribution in [0.4, 0.5) is 0 Å². The van der Waals surface area contributed by atoms with Gasteiger partial charge in [-0.1, -0.05) is 236 Å². The van der Waals surface area contributed by atoms with E-state index >= 15 is 0 Å².